The smallest absolute Gasteiger partial charge is 0.169 e. The summed E-state index contributed by atoms with van der Waals surface area (Å²) in [5.74, 6) is -0.397. The van der Waals surface area contributed by atoms with E-state index in [2.05, 4.69) is 12.6 Å². The minimum Gasteiger partial charge on any atom is -0.346 e. The molecule has 2 aliphatic rings. The SMILES string of the molecule is C=CCC1CC(CC#N)OC2(CCCCC2)O1. The van der Waals surface area contributed by atoms with Crippen molar-refractivity contribution in [1.82, 2.24) is 0 Å². The van der Waals surface area contributed by atoms with Gasteiger partial charge < -0.3 is 9.47 Å². The molecule has 1 saturated carbocycles. The molecule has 2 atom stereocenters. The van der Waals surface area contributed by atoms with Gasteiger partial charge in [-0.05, 0) is 19.3 Å². The lowest BCUT2D eigenvalue weighted by molar-refractivity contribution is -0.327. The number of nitrogens with zero attached hydrogens (tertiary/aromatic N) is 1. The Morgan fingerprint density at radius 3 is 2.59 bits per heavy atom. The second-order valence-electron chi connectivity index (χ2n) is 5.07. The summed E-state index contributed by atoms with van der Waals surface area (Å²) in [4.78, 5) is 0. The average Bonchev–Trinajstić information content (AvgIpc) is 2.30. The first-order valence-corrected chi connectivity index (χ1v) is 6.61. The molecule has 1 aliphatic carbocycles. The van der Waals surface area contributed by atoms with Crippen molar-refractivity contribution in [3.63, 3.8) is 0 Å². The van der Waals surface area contributed by atoms with Crippen molar-refractivity contribution in [3.8, 4) is 6.07 Å². The fraction of sp³-hybridized carbons (Fsp3) is 0.786. The van der Waals surface area contributed by atoms with Crippen LogP contribution in [0.5, 0.6) is 0 Å². The summed E-state index contributed by atoms with van der Waals surface area (Å²) in [7, 11) is 0. The Morgan fingerprint density at radius 1 is 1.24 bits per heavy atom. The highest BCUT2D eigenvalue weighted by atomic mass is 16.7. The van der Waals surface area contributed by atoms with Gasteiger partial charge in [0.1, 0.15) is 0 Å². The third kappa shape index (κ3) is 3.08. The molecule has 1 spiro atoms. The molecule has 1 aliphatic heterocycles. The second-order valence-corrected chi connectivity index (χ2v) is 5.07. The number of hydrogen-bond donors (Lipinski definition) is 0. The fourth-order valence-corrected chi connectivity index (χ4v) is 2.91. The third-order valence-electron chi connectivity index (χ3n) is 3.65. The summed E-state index contributed by atoms with van der Waals surface area (Å²) in [5.41, 5.74) is 0. The van der Waals surface area contributed by atoms with Gasteiger partial charge in [0.25, 0.3) is 0 Å². The maximum absolute atomic E-state index is 8.83. The predicted molar refractivity (Wildman–Crippen MR) is 65.2 cm³/mol. The Hall–Kier alpha value is -0.850. The molecule has 0 amide bonds. The van der Waals surface area contributed by atoms with Gasteiger partial charge in [-0.25, -0.2) is 0 Å². The van der Waals surface area contributed by atoms with E-state index in [1.165, 1.54) is 19.3 Å². The van der Waals surface area contributed by atoms with Crippen LogP contribution < -0.4 is 0 Å². The topological polar surface area (TPSA) is 42.2 Å². The molecule has 0 radical (unpaired) electrons. The standard InChI is InChI=1S/C14H21NO2/c1-2-6-12-11-13(7-10-15)17-14(16-12)8-4-3-5-9-14/h2,12-13H,1,3-9,11H2. The van der Waals surface area contributed by atoms with E-state index in [0.717, 1.165) is 25.7 Å². The Balaban J connectivity index is 2.04. The maximum atomic E-state index is 8.83. The van der Waals surface area contributed by atoms with Gasteiger partial charge in [0.05, 0.1) is 24.7 Å². The Bertz CT molecular complexity index is 302. The highest BCUT2D eigenvalue weighted by Crippen LogP contribution is 2.40. The van der Waals surface area contributed by atoms with E-state index in [9.17, 15) is 0 Å². The van der Waals surface area contributed by atoms with Crippen molar-refractivity contribution >= 4 is 0 Å². The Kier molecular flexibility index (Phi) is 4.20. The van der Waals surface area contributed by atoms with E-state index < -0.39 is 5.79 Å². The number of nitriles is 1. The fourth-order valence-electron chi connectivity index (χ4n) is 2.91. The second kappa shape index (κ2) is 5.66. The third-order valence-corrected chi connectivity index (χ3v) is 3.65. The highest BCUT2D eigenvalue weighted by molar-refractivity contribution is 4.90. The van der Waals surface area contributed by atoms with Crippen molar-refractivity contribution in [2.24, 2.45) is 0 Å². The Labute approximate surface area is 103 Å². The number of hydrogen-bond acceptors (Lipinski definition) is 3. The molecule has 0 bridgehead atoms. The van der Waals surface area contributed by atoms with E-state index in [4.69, 9.17) is 14.7 Å². The van der Waals surface area contributed by atoms with Gasteiger partial charge in [0.15, 0.2) is 5.79 Å². The molecule has 3 nitrogen and oxygen atoms in total. The zero-order valence-corrected chi connectivity index (χ0v) is 10.4. The first kappa shape index (κ1) is 12.6. The molecular formula is C14H21NO2. The molecule has 0 aromatic carbocycles. The van der Waals surface area contributed by atoms with Crippen LogP contribution in [0.25, 0.3) is 0 Å². The van der Waals surface area contributed by atoms with Crippen LogP contribution in [0.2, 0.25) is 0 Å². The van der Waals surface area contributed by atoms with Gasteiger partial charge in [-0.1, -0.05) is 12.5 Å². The molecule has 3 heteroatoms. The monoisotopic (exact) mass is 235 g/mol. The van der Waals surface area contributed by atoms with E-state index in [0.29, 0.717) is 6.42 Å². The van der Waals surface area contributed by atoms with Gasteiger partial charge in [0.2, 0.25) is 0 Å². The summed E-state index contributed by atoms with van der Waals surface area (Å²) in [6.07, 6.45) is 9.81. The summed E-state index contributed by atoms with van der Waals surface area (Å²) in [6.45, 7) is 3.77. The first-order valence-electron chi connectivity index (χ1n) is 6.61. The van der Waals surface area contributed by atoms with Crippen molar-refractivity contribution in [3.05, 3.63) is 12.7 Å². The molecule has 0 aromatic rings. The zero-order chi connectivity index (χ0) is 12.1. The van der Waals surface area contributed by atoms with Crippen LogP contribution in [0.1, 0.15) is 51.4 Å². The van der Waals surface area contributed by atoms with Crippen molar-refractivity contribution < 1.29 is 9.47 Å². The summed E-state index contributed by atoms with van der Waals surface area (Å²) in [5, 5.41) is 8.83. The predicted octanol–water partition coefficient (Wildman–Crippen LogP) is 3.31. The molecule has 1 heterocycles. The average molecular weight is 235 g/mol. The van der Waals surface area contributed by atoms with Crippen LogP contribution in [0.3, 0.4) is 0 Å². The van der Waals surface area contributed by atoms with Gasteiger partial charge in [-0.3, -0.25) is 0 Å². The first-order chi connectivity index (χ1) is 8.28. The van der Waals surface area contributed by atoms with Crippen LogP contribution in [-0.4, -0.2) is 18.0 Å². The quantitative estimate of drug-likeness (QED) is 0.705. The minimum atomic E-state index is -0.397. The van der Waals surface area contributed by atoms with Crippen LogP contribution in [0.15, 0.2) is 12.7 Å². The molecule has 94 valence electrons. The molecule has 17 heavy (non-hydrogen) atoms. The van der Waals surface area contributed by atoms with Gasteiger partial charge in [0, 0.05) is 19.3 Å². The minimum absolute atomic E-state index is 0.0387. The van der Waals surface area contributed by atoms with Crippen LogP contribution in [0.4, 0.5) is 0 Å². The molecular weight excluding hydrogens is 214 g/mol. The molecule has 1 saturated heterocycles. The largest absolute Gasteiger partial charge is 0.346 e. The van der Waals surface area contributed by atoms with Gasteiger partial charge in [-0.2, -0.15) is 5.26 Å². The van der Waals surface area contributed by atoms with E-state index in [1.807, 2.05) is 6.08 Å². The highest BCUT2D eigenvalue weighted by Gasteiger charge is 2.42. The molecule has 2 rings (SSSR count). The maximum Gasteiger partial charge on any atom is 0.169 e. The summed E-state index contributed by atoms with van der Waals surface area (Å²) in [6, 6.07) is 2.22. The molecule has 0 N–H and O–H groups in total. The van der Waals surface area contributed by atoms with Crippen molar-refractivity contribution in [2.75, 3.05) is 0 Å². The van der Waals surface area contributed by atoms with Crippen LogP contribution in [-0.2, 0) is 9.47 Å². The lowest BCUT2D eigenvalue weighted by atomic mass is 9.91. The molecule has 2 unspecified atom stereocenters. The lowest BCUT2D eigenvalue weighted by Gasteiger charge is -2.46. The van der Waals surface area contributed by atoms with E-state index >= 15 is 0 Å². The number of ether oxygens (including phenoxy) is 2. The van der Waals surface area contributed by atoms with Crippen molar-refractivity contribution in [2.45, 2.75) is 69.4 Å². The van der Waals surface area contributed by atoms with Gasteiger partial charge >= 0.3 is 0 Å². The zero-order valence-electron chi connectivity index (χ0n) is 10.4. The lowest BCUT2D eigenvalue weighted by Crippen LogP contribution is -2.49. The van der Waals surface area contributed by atoms with Crippen LogP contribution in [0, 0.1) is 11.3 Å². The van der Waals surface area contributed by atoms with Crippen LogP contribution >= 0.6 is 0 Å². The van der Waals surface area contributed by atoms with E-state index in [1.54, 1.807) is 0 Å². The molecule has 2 fully saturated rings. The number of rotatable bonds is 3. The Morgan fingerprint density at radius 2 is 1.94 bits per heavy atom. The van der Waals surface area contributed by atoms with Crippen molar-refractivity contribution in [1.29, 1.82) is 5.26 Å². The van der Waals surface area contributed by atoms with E-state index in [-0.39, 0.29) is 12.2 Å². The normalized spacial score (nSPS) is 31.9. The molecule has 0 aromatic heterocycles. The summed E-state index contributed by atoms with van der Waals surface area (Å²) >= 11 is 0. The van der Waals surface area contributed by atoms with Gasteiger partial charge in [-0.15, -0.1) is 6.58 Å². The summed E-state index contributed by atoms with van der Waals surface area (Å²) < 4.78 is 12.2.